The normalized spacial score (nSPS) is 17.7. The molecule has 1 unspecified atom stereocenters. The van der Waals surface area contributed by atoms with Gasteiger partial charge in [-0.25, -0.2) is 0 Å². The molecule has 0 fully saturated rings. The summed E-state index contributed by atoms with van der Waals surface area (Å²) < 4.78 is 16.9. The zero-order valence-corrected chi connectivity index (χ0v) is 15.6. The number of fused-ring (bicyclic) bond motifs is 2. The van der Waals surface area contributed by atoms with Crippen LogP contribution in [0.15, 0.2) is 36.4 Å². The standard InChI is InChI=1S/C22H25NO4/c1-2-25-17-8-6-15(7-9-17)12-22(24)23-19-5-3-4-16-13-20-21(14-18(16)19)27-11-10-26-20/h6-9,13-14,19H,2-5,10-12H2,1H3,(H,23,24). The van der Waals surface area contributed by atoms with Crippen molar-refractivity contribution in [2.24, 2.45) is 0 Å². The van der Waals surface area contributed by atoms with Crippen LogP contribution in [0.3, 0.4) is 0 Å². The van der Waals surface area contributed by atoms with Crippen LogP contribution in [0.2, 0.25) is 0 Å². The van der Waals surface area contributed by atoms with Crippen molar-refractivity contribution < 1.29 is 19.0 Å². The third kappa shape index (κ3) is 4.02. The third-order valence-electron chi connectivity index (χ3n) is 5.05. The Morgan fingerprint density at radius 1 is 1.15 bits per heavy atom. The predicted molar refractivity (Wildman–Crippen MR) is 103 cm³/mol. The summed E-state index contributed by atoms with van der Waals surface area (Å²) in [6.07, 6.45) is 3.38. The maximum absolute atomic E-state index is 12.6. The van der Waals surface area contributed by atoms with E-state index in [9.17, 15) is 4.79 Å². The molecular weight excluding hydrogens is 342 g/mol. The average molecular weight is 367 g/mol. The van der Waals surface area contributed by atoms with Crippen LogP contribution >= 0.6 is 0 Å². The fourth-order valence-electron chi connectivity index (χ4n) is 3.79. The van der Waals surface area contributed by atoms with E-state index in [4.69, 9.17) is 14.2 Å². The molecule has 1 N–H and O–H groups in total. The largest absolute Gasteiger partial charge is 0.494 e. The number of hydrogen-bond donors (Lipinski definition) is 1. The molecule has 2 aromatic carbocycles. The van der Waals surface area contributed by atoms with Gasteiger partial charge in [-0.1, -0.05) is 12.1 Å². The number of nitrogens with one attached hydrogen (secondary N) is 1. The average Bonchev–Trinajstić information content (AvgIpc) is 2.68. The molecule has 0 bridgehead atoms. The number of hydrogen-bond acceptors (Lipinski definition) is 4. The fraction of sp³-hybridized carbons (Fsp3) is 0.409. The Labute approximate surface area is 159 Å². The number of aryl methyl sites for hydroxylation is 1. The molecule has 0 spiro atoms. The van der Waals surface area contributed by atoms with Gasteiger partial charge in [0.15, 0.2) is 11.5 Å². The highest BCUT2D eigenvalue weighted by molar-refractivity contribution is 5.79. The first-order valence-electron chi connectivity index (χ1n) is 9.66. The molecule has 1 aliphatic heterocycles. The van der Waals surface area contributed by atoms with Crippen LogP contribution in [0.5, 0.6) is 17.2 Å². The minimum absolute atomic E-state index is 0.0276. The Hall–Kier alpha value is -2.69. The van der Waals surface area contributed by atoms with E-state index in [-0.39, 0.29) is 11.9 Å². The van der Waals surface area contributed by atoms with Crippen molar-refractivity contribution >= 4 is 5.91 Å². The van der Waals surface area contributed by atoms with E-state index in [0.717, 1.165) is 47.6 Å². The van der Waals surface area contributed by atoms with Crippen molar-refractivity contribution in [3.05, 3.63) is 53.1 Å². The van der Waals surface area contributed by atoms with Gasteiger partial charge in [-0.2, -0.15) is 0 Å². The highest BCUT2D eigenvalue weighted by Crippen LogP contribution is 2.39. The molecule has 5 heteroatoms. The molecule has 0 aromatic heterocycles. The minimum Gasteiger partial charge on any atom is -0.494 e. The van der Waals surface area contributed by atoms with Gasteiger partial charge < -0.3 is 19.5 Å². The molecule has 5 nitrogen and oxygen atoms in total. The van der Waals surface area contributed by atoms with Crippen LogP contribution in [-0.4, -0.2) is 25.7 Å². The lowest BCUT2D eigenvalue weighted by molar-refractivity contribution is -0.121. The molecule has 0 saturated carbocycles. The highest BCUT2D eigenvalue weighted by Gasteiger charge is 2.25. The molecule has 2 aliphatic rings. The lowest BCUT2D eigenvalue weighted by Gasteiger charge is -2.29. The molecule has 2 aromatic rings. The number of benzene rings is 2. The summed E-state index contributed by atoms with van der Waals surface area (Å²) in [5, 5.41) is 3.20. The van der Waals surface area contributed by atoms with Crippen LogP contribution in [0.4, 0.5) is 0 Å². The van der Waals surface area contributed by atoms with Gasteiger partial charge in [0.25, 0.3) is 0 Å². The van der Waals surface area contributed by atoms with Crippen molar-refractivity contribution in [2.75, 3.05) is 19.8 Å². The van der Waals surface area contributed by atoms with Crippen LogP contribution in [-0.2, 0) is 17.6 Å². The van der Waals surface area contributed by atoms with Gasteiger partial charge in [0, 0.05) is 0 Å². The van der Waals surface area contributed by atoms with Crippen molar-refractivity contribution in [3.8, 4) is 17.2 Å². The molecule has 1 atom stereocenters. The minimum atomic E-state index is 0.0276. The monoisotopic (exact) mass is 367 g/mol. The number of ether oxygens (including phenoxy) is 3. The van der Waals surface area contributed by atoms with Gasteiger partial charge in [-0.05, 0) is 67.1 Å². The Kier molecular flexibility index (Phi) is 5.19. The Balaban J connectivity index is 1.44. The van der Waals surface area contributed by atoms with Crippen molar-refractivity contribution in [2.45, 2.75) is 38.6 Å². The van der Waals surface area contributed by atoms with E-state index in [1.165, 1.54) is 5.56 Å². The van der Waals surface area contributed by atoms with Crippen LogP contribution in [0.25, 0.3) is 0 Å². The molecule has 1 heterocycles. The smallest absolute Gasteiger partial charge is 0.224 e. The van der Waals surface area contributed by atoms with E-state index in [1.54, 1.807) is 0 Å². The first kappa shape index (κ1) is 17.7. The summed E-state index contributed by atoms with van der Waals surface area (Å²) in [5.41, 5.74) is 3.39. The maximum atomic E-state index is 12.6. The van der Waals surface area contributed by atoms with Crippen molar-refractivity contribution in [1.82, 2.24) is 5.32 Å². The summed E-state index contributed by atoms with van der Waals surface area (Å²) in [7, 11) is 0. The Morgan fingerprint density at radius 3 is 2.63 bits per heavy atom. The second kappa shape index (κ2) is 7.91. The molecule has 0 radical (unpaired) electrons. The first-order chi connectivity index (χ1) is 13.2. The van der Waals surface area contributed by atoms with Crippen molar-refractivity contribution in [3.63, 3.8) is 0 Å². The summed E-state index contributed by atoms with van der Waals surface area (Å²) in [6, 6.07) is 11.9. The fourth-order valence-corrected chi connectivity index (χ4v) is 3.79. The van der Waals surface area contributed by atoms with Gasteiger partial charge in [0.05, 0.1) is 19.1 Å². The van der Waals surface area contributed by atoms with Gasteiger partial charge in [-0.15, -0.1) is 0 Å². The predicted octanol–water partition coefficient (Wildman–Crippen LogP) is 3.59. The summed E-state index contributed by atoms with van der Waals surface area (Å²) in [5.74, 6) is 2.47. The first-order valence-corrected chi connectivity index (χ1v) is 9.66. The second-order valence-electron chi connectivity index (χ2n) is 6.96. The van der Waals surface area contributed by atoms with Crippen LogP contribution < -0.4 is 19.5 Å². The second-order valence-corrected chi connectivity index (χ2v) is 6.96. The van der Waals surface area contributed by atoms with Gasteiger partial charge >= 0.3 is 0 Å². The lowest BCUT2D eigenvalue weighted by Crippen LogP contribution is -2.32. The van der Waals surface area contributed by atoms with E-state index < -0.39 is 0 Å². The van der Waals surface area contributed by atoms with E-state index in [2.05, 4.69) is 11.4 Å². The highest BCUT2D eigenvalue weighted by atomic mass is 16.6. The molecule has 1 aliphatic carbocycles. The zero-order chi connectivity index (χ0) is 18.6. The van der Waals surface area contributed by atoms with Crippen LogP contribution in [0.1, 0.15) is 42.5 Å². The van der Waals surface area contributed by atoms with Gasteiger partial charge in [-0.3, -0.25) is 4.79 Å². The van der Waals surface area contributed by atoms with Crippen LogP contribution in [0, 0.1) is 0 Å². The summed E-state index contributed by atoms with van der Waals surface area (Å²) >= 11 is 0. The number of rotatable bonds is 5. The lowest BCUT2D eigenvalue weighted by atomic mass is 9.87. The number of carbonyl (C=O) groups excluding carboxylic acids is 1. The quantitative estimate of drug-likeness (QED) is 0.877. The summed E-state index contributed by atoms with van der Waals surface area (Å²) in [6.45, 7) is 3.76. The molecule has 142 valence electrons. The Bertz CT molecular complexity index is 816. The maximum Gasteiger partial charge on any atom is 0.224 e. The number of amides is 1. The zero-order valence-electron chi connectivity index (χ0n) is 15.6. The molecule has 4 rings (SSSR count). The molecule has 1 amide bonds. The van der Waals surface area contributed by atoms with E-state index in [0.29, 0.717) is 26.2 Å². The SMILES string of the molecule is CCOc1ccc(CC(=O)NC2CCCc3cc4c(cc32)OCCO4)cc1. The number of carbonyl (C=O) groups is 1. The molecular formula is C22H25NO4. The Morgan fingerprint density at radius 2 is 1.89 bits per heavy atom. The third-order valence-corrected chi connectivity index (χ3v) is 5.05. The van der Waals surface area contributed by atoms with Gasteiger partial charge in [0.1, 0.15) is 19.0 Å². The van der Waals surface area contributed by atoms with Crippen molar-refractivity contribution in [1.29, 1.82) is 0 Å². The summed E-state index contributed by atoms with van der Waals surface area (Å²) in [4.78, 5) is 12.6. The van der Waals surface area contributed by atoms with E-state index >= 15 is 0 Å². The molecule has 0 saturated heterocycles. The van der Waals surface area contributed by atoms with E-state index in [1.807, 2.05) is 37.3 Å². The van der Waals surface area contributed by atoms with Gasteiger partial charge in [0.2, 0.25) is 5.91 Å². The molecule has 27 heavy (non-hydrogen) atoms. The topological polar surface area (TPSA) is 56.8 Å².